The fourth-order valence-electron chi connectivity index (χ4n) is 3.04. The Hall–Kier alpha value is -0.170. The van der Waals surface area contributed by atoms with E-state index in [1.165, 1.54) is 4.31 Å². The Morgan fingerprint density at radius 2 is 1.53 bits per heavy atom. The van der Waals surface area contributed by atoms with Gasteiger partial charge in [-0.25, -0.2) is 0 Å². The van der Waals surface area contributed by atoms with E-state index in [9.17, 15) is 13.5 Å². The van der Waals surface area contributed by atoms with E-state index >= 15 is 0 Å². The van der Waals surface area contributed by atoms with Crippen LogP contribution in [0.3, 0.4) is 0 Å². The third-order valence-corrected chi connectivity index (χ3v) is 6.46. The highest BCUT2D eigenvalue weighted by molar-refractivity contribution is 7.86. The van der Waals surface area contributed by atoms with Crippen LogP contribution in [0.15, 0.2) is 0 Å². The van der Waals surface area contributed by atoms with Crippen LogP contribution < -0.4 is 0 Å². The molecule has 1 N–H and O–H groups in total. The first-order chi connectivity index (χ1) is 8.71. The minimum absolute atomic E-state index is 0.250. The Morgan fingerprint density at radius 1 is 1.00 bits per heavy atom. The first-order valence-corrected chi connectivity index (χ1v) is 8.54. The molecule has 0 radical (unpaired) electrons. The van der Waals surface area contributed by atoms with Crippen LogP contribution in [0.25, 0.3) is 0 Å². The summed E-state index contributed by atoms with van der Waals surface area (Å²) in [6.45, 7) is 8.58. The van der Waals surface area contributed by atoms with Gasteiger partial charge in [0.25, 0.3) is 10.2 Å². The summed E-state index contributed by atoms with van der Waals surface area (Å²) in [5.74, 6) is 0.586. The van der Waals surface area contributed by atoms with Gasteiger partial charge in [-0.1, -0.05) is 20.8 Å². The molecular weight excluding hydrogens is 264 g/mol. The summed E-state index contributed by atoms with van der Waals surface area (Å²) in [5, 5.41) is 9.49. The van der Waals surface area contributed by atoms with Gasteiger partial charge in [0.05, 0.1) is 6.10 Å². The molecule has 1 atom stereocenters. The maximum atomic E-state index is 12.4. The highest BCUT2D eigenvalue weighted by Gasteiger charge is 2.38. The van der Waals surface area contributed by atoms with E-state index in [1.54, 1.807) is 4.31 Å². The van der Waals surface area contributed by atoms with Gasteiger partial charge in [0.15, 0.2) is 0 Å². The second-order valence-electron chi connectivity index (χ2n) is 6.85. The van der Waals surface area contributed by atoms with E-state index in [-0.39, 0.29) is 12.0 Å². The molecule has 0 bridgehead atoms. The quantitative estimate of drug-likeness (QED) is 0.827. The van der Waals surface area contributed by atoms with Crippen molar-refractivity contribution in [1.29, 1.82) is 0 Å². The minimum Gasteiger partial charge on any atom is -0.392 e. The van der Waals surface area contributed by atoms with Gasteiger partial charge in [0, 0.05) is 26.2 Å². The van der Waals surface area contributed by atoms with E-state index in [0.717, 1.165) is 12.8 Å². The lowest BCUT2D eigenvalue weighted by Gasteiger charge is -2.39. The van der Waals surface area contributed by atoms with Gasteiger partial charge < -0.3 is 5.11 Å². The van der Waals surface area contributed by atoms with E-state index in [0.29, 0.717) is 32.0 Å². The lowest BCUT2D eigenvalue weighted by atomic mass is 9.76. The first-order valence-electron chi connectivity index (χ1n) is 7.14. The van der Waals surface area contributed by atoms with E-state index in [4.69, 9.17) is 0 Å². The predicted molar refractivity (Wildman–Crippen MR) is 74.9 cm³/mol. The molecule has 6 heteroatoms. The summed E-state index contributed by atoms with van der Waals surface area (Å²) in [6.07, 6.45) is 1.91. The second kappa shape index (κ2) is 5.31. The molecule has 2 fully saturated rings. The standard InChI is InChI=1S/C13H26N2O3S/c1-13(2,3)11-4-7-14(8-5-11)19(17,18)15-9-6-12(16)10-15/h11-12,16H,4-10H2,1-3H3/t12-/m0/s1. The molecule has 2 heterocycles. The summed E-state index contributed by atoms with van der Waals surface area (Å²) in [7, 11) is -3.36. The normalized spacial score (nSPS) is 28.9. The summed E-state index contributed by atoms with van der Waals surface area (Å²) in [5.41, 5.74) is 0.250. The van der Waals surface area contributed by atoms with Crippen LogP contribution in [0.1, 0.15) is 40.0 Å². The molecule has 112 valence electrons. The van der Waals surface area contributed by atoms with Gasteiger partial charge in [-0.05, 0) is 30.6 Å². The molecule has 2 aliphatic rings. The largest absolute Gasteiger partial charge is 0.392 e. The summed E-state index contributed by atoms with van der Waals surface area (Å²) in [6, 6.07) is 0. The Kier molecular flexibility index (Phi) is 4.26. The van der Waals surface area contributed by atoms with Crippen molar-refractivity contribution in [2.45, 2.75) is 46.1 Å². The van der Waals surface area contributed by atoms with Gasteiger partial charge in [-0.2, -0.15) is 17.0 Å². The SMILES string of the molecule is CC(C)(C)C1CCN(S(=O)(=O)N2CC[C@H](O)C2)CC1. The number of nitrogens with zero attached hydrogens (tertiary/aromatic N) is 2. The second-order valence-corrected chi connectivity index (χ2v) is 8.78. The predicted octanol–water partition coefficient (Wildman–Crippen LogP) is 1.06. The monoisotopic (exact) mass is 290 g/mol. The molecule has 0 amide bonds. The van der Waals surface area contributed by atoms with Crippen LogP contribution in [0.4, 0.5) is 0 Å². The minimum atomic E-state index is -3.36. The summed E-state index contributed by atoms with van der Waals surface area (Å²) >= 11 is 0. The van der Waals surface area contributed by atoms with Gasteiger partial charge >= 0.3 is 0 Å². The van der Waals surface area contributed by atoms with Crippen LogP contribution in [-0.2, 0) is 10.2 Å². The molecule has 0 saturated carbocycles. The smallest absolute Gasteiger partial charge is 0.282 e. The van der Waals surface area contributed by atoms with Crippen molar-refractivity contribution >= 4 is 10.2 Å². The van der Waals surface area contributed by atoms with Crippen molar-refractivity contribution in [3.8, 4) is 0 Å². The highest BCUT2D eigenvalue weighted by atomic mass is 32.2. The van der Waals surface area contributed by atoms with Crippen molar-refractivity contribution in [2.75, 3.05) is 26.2 Å². The molecule has 0 aliphatic carbocycles. The van der Waals surface area contributed by atoms with Crippen LogP contribution >= 0.6 is 0 Å². The average Bonchev–Trinajstić information content (AvgIpc) is 2.76. The third kappa shape index (κ3) is 3.29. The van der Waals surface area contributed by atoms with Crippen molar-refractivity contribution in [3.05, 3.63) is 0 Å². The molecule has 2 rings (SSSR count). The van der Waals surface area contributed by atoms with Gasteiger partial charge in [-0.3, -0.25) is 0 Å². The molecule has 19 heavy (non-hydrogen) atoms. The number of aliphatic hydroxyl groups is 1. The molecule has 2 aliphatic heterocycles. The summed E-state index contributed by atoms with van der Waals surface area (Å²) < 4.78 is 27.9. The maximum absolute atomic E-state index is 12.4. The molecule has 0 aromatic carbocycles. The first kappa shape index (κ1) is 15.2. The Bertz CT molecular complexity index is 408. The molecule has 5 nitrogen and oxygen atoms in total. The number of hydrogen-bond acceptors (Lipinski definition) is 3. The zero-order valence-corrected chi connectivity index (χ0v) is 13.0. The van der Waals surface area contributed by atoms with Crippen molar-refractivity contribution in [1.82, 2.24) is 8.61 Å². The van der Waals surface area contributed by atoms with E-state index < -0.39 is 16.3 Å². The zero-order chi connectivity index (χ0) is 14.3. The molecular formula is C13H26N2O3S. The van der Waals surface area contributed by atoms with Crippen LogP contribution in [0.2, 0.25) is 0 Å². The van der Waals surface area contributed by atoms with Crippen molar-refractivity contribution in [2.24, 2.45) is 11.3 Å². The Morgan fingerprint density at radius 3 is 1.95 bits per heavy atom. The fraction of sp³-hybridized carbons (Fsp3) is 1.00. The maximum Gasteiger partial charge on any atom is 0.282 e. The van der Waals surface area contributed by atoms with Gasteiger partial charge in [0.2, 0.25) is 0 Å². The van der Waals surface area contributed by atoms with E-state index in [1.807, 2.05) is 0 Å². The number of rotatable bonds is 2. The Labute approximate surface area is 116 Å². The average molecular weight is 290 g/mol. The number of hydrogen-bond donors (Lipinski definition) is 1. The topological polar surface area (TPSA) is 60.9 Å². The number of β-amino-alcohol motifs (C(OH)–C–C–N with tert-alkyl or cyclic N) is 1. The highest BCUT2D eigenvalue weighted by Crippen LogP contribution is 2.35. The molecule has 0 spiro atoms. The third-order valence-electron chi connectivity index (χ3n) is 4.46. The van der Waals surface area contributed by atoms with Crippen LogP contribution in [-0.4, -0.2) is 54.4 Å². The van der Waals surface area contributed by atoms with Crippen LogP contribution in [0.5, 0.6) is 0 Å². The lowest BCUT2D eigenvalue weighted by molar-refractivity contribution is 0.149. The zero-order valence-electron chi connectivity index (χ0n) is 12.2. The summed E-state index contributed by atoms with van der Waals surface area (Å²) in [4.78, 5) is 0. The lowest BCUT2D eigenvalue weighted by Crippen LogP contribution is -2.47. The van der Waals surface area contributed by atoms with Gasteiger partial charge in [-0.15, -0.1) is 0 Å². The Balaban J connectivity index is 1.97. The number of piperidine rings is 1. The fourth-order valence-corrected chi connectivity index (χ4v) is 4.73. The molecule has 0 aromatic rings. The van der Waals surface area contributed by atoms with E-state index in [2.05, 4.69) is 20.8 Å². The van der Waals surface area contributed by atoms with Crippen LogP contribution in [0, 0.1) is 11.3 Å². The van der Waals surface area contributed by atoms with Crippen molar-refractivity contribution in [3.63, 3.8) is 0 Å². The molecule has 0 unspecified atom stereocenters. The van der Waals surface area contributed by atoms with Crippen molar-refractivity contribution < 1.29 is 13.5 Å². The van der Waals surface area contributed by atoms with Gasteiger partial charge in [0.1, 0.15) is 0 Å². The molecule has 0 aromatic heterocycles. The molecule has 2 saturated heterocycles. The number of aliphatic hydroxyl groups excluding tert-OH is 1.